The molecule has 0 aliphatic carbocycles. The van der Waals surface area contributed by atoms with Gasteiger partial charge in [-0.05, 0) is 36.4 Å². The summed E-state index contributed by atoms with van der Waals surface area (Å²) >= 11 is 5.96. The van der Waals surface area contributed by atoms with Crippen LogP contribution in [0.4, 0.5) is 4.39 Å². The minimum absolute atomic E-state index is 0.0847. The van der Waals surface area contributed by atoms with Crippen LogP contribution < -0.4 is 5.43 Å². The van der Waals surface area contributed by atoms with E-state index in [1.165, 1.54) is 18.2 Å². The normalized spacial score (nSPS) is 15.9. The van der Waals surface area contributed by atoms with Crippen LogP contribution in [0.3, 0.4) is 0 Å². The highest BCUT2D eigenvalue weighted by Crippen LogP contribution is 2.19. The molecule has 1 saturated heterocycles. The van der Waals surface area contributed by atoms with Gasteiger partial charge in [-0.1, -0.05) is 23.7 Å². The number of ketones is 1. The lowest BCUT2D eigenvalue weighted by Crippen LogP contribution is -2.43. The zero-order chi connectivity index (χ0) is 21.0. The van der Waals surface area contributed by atoms with Gasteiger partial charge in [0.25, 0.3) is 5.91 Å². The number of ether oxygens (including phenoxy) is 1. The van der Waals surface area contributed by atoms with Gasteiger partial charge in [-0.2, -0.15) is 0 Å². The van der Waals surface area contributed by atoms with Crippen LogP contribution in [0.5, 0.6) is 0 Å². The van der Waals surface area contributed by atoms with Gasteiger partial charge in [0.1, 0.15) is 5.82 Å². The average molecular weight is 419 g/mol. The molecule has 1 aliphatic heterocycles. The number of Topliss-reactive ketones (excluding diaryl/α,β-unsaturated/α-hetero) is 1. The predicted octanol–water partition coefficient (Wildman–Crippen LogP) is 2.40. The Balaban J connectivity index is 1.53. The number of hydrogen-bond donors (Lipinski definition) is 1. The van der Waals surface area contributed by atoms with E-state index in [2.05, 4.69) is 5.43 Å². The number of hydrogen-bond acceptors (Lipinski definition) is 5. The molecule has 1 heterocycles. The van der Waals surface area contributed by atoms with Crippen molar-refractivity contribution >= 4 is 35.2 Å². The van der Waals surface area contributed by atoms with Crippen LogP contribution in [-0.2, 0) is 14.3 Å². The third kappa shape index (κ3) is 4.97. The largest absolute Gasteiger partial charge is 0.457 e. The van der Waals surface area contributed by atoms with E-state index in [1.807, 2.05) is 0 Å². The van der Waals surface area contributed by atoms with Gasteiger partial charge in [0.05, 0.1) is 23.0 Å². The number of carbonyl (C=O) groups excluding carboxylic acids is 4. The van der Waals surface area contributed by atoms with E-state index in [0.717, 1.165) is 17.1 Å². The molecule has 0 bridgehead atoms. The molecule has 9 heteroatoms. The van der Waals surface area contributed by atoms with Gasteiger partial charge in [0.15, 0.2) is 12.4 Å². The predicted molar refractivity (Wildman–Crippen MR) is 100 cm³/mol. The molecule has 2 aromatic rings. The number of benzene rings is 2. The molecule has 7 nitrogen and oxygen atoms in total. The smallest absolute Gasteiger partial charge is 0.311 e. The molecule has 29 heavy (non-hydrogen) atoms. The zero-order valence-corrected chi connectivity index (χ0v) is 15.8. The van der Waals surface area contributed by atoms with E-state index in [-0.39, 0.29) is 29.1 Å². The summed E-state index contributed by atoms with van der Waals surface area (Å²) in [6.07, 6.45) is -0.160. The first-order valence-electron chi connectivity index (χ1n) is 8.66. The van der Waals surface area contributed by atoms with Gasteiger partial charge in [-0.25, -0.2) is 4.39 Å². The van der Waals surface area contributed by atoms with E-state index in [4.69, 9.17) is 16.3 Å². The molecule has 1 N–H and O–H groups in total. The van der Waals surface area contributed by atoms with E-state index >= 15 is 0 Å². The van der Waals surface area contributed by atoms with Crippen LogP contribution in [-0.4, -0.2) is 41.7 Å². The Morgan fingerprint density at radius 2 is 1.83 bits per heavy atom. The molecule has 0 unspecified atom stereocenters. The first-order chi connectivity index (χ1) is 13.8. The fourth-order valence-electron chi connectivity index (χ4n) is 2.78. The van der Waals surface area contributed by atoms with Crippen molar-refractivity contribution in [3.05, 3.63) is 70.5 Å². The quantitative estimate of drug-likeness (QED) is 0.574. The van der Waals surface area contributed by atoms with Crippen molar-refractivity contribution in [2.24, 2.45) is 5.92 Å². The first-order valence-corrected chi connectivity index (χ1v) is 9.04. The molecular formula is C20H16ClFN2O5. The Hall–Kier alpha value is -3.26. The zero-order valence-electron chi connectivity index (χ0n) is 15.1. The highest BCUT2D eigenvalue weighted by atomic mass is 35.5. The number of halogens is 2. The van der Waals surface area contributed by atoms with E-state index in [0.29, 0.717) is 0 Å². The summed E-state index contributed by atoms with van der Waals surface area (Å²) < 4.78 is 17.9. The van der Waals surface area contributed by atoms with Crippen molar-refractivity contribution in [3.8, 4) is 0 Å². The second-order valence-electron chi connectivity index (χ2n) is 6.36. The number of hydrazine groups is 1. The average Bonchev–Trinajstić information content (AvgIpc) is 3.07. The topological polar surface area (TPSA) is 92.8 Å². The number of carbonyl (C=O) groups is 4. The Morgan fingerprint density at radius 1 is 1.14 bits per heavy atom. The van der Waals surface area contributed by atoms with E-state index in [1.54, 1.807) is 18.2 Å². The van der Waals surface area contributed by atoms with Crippen molar-refractivity contribution in [1.29, 1.82) is 0 Å². The molecule has 0 spiro atoms. The standard InChI is InChI=1S/C20H16ClFN2O5/c21-16-4-2-1-3-15(16)19(27)23-24-10-13(9-18(24)26)20(28)29-11-17(25)12-5-7-14(22)8-6-12/h1-8,13H,9-11H2,(H,23,27)/t13-/m0/s1. The van der Waals surface area contributed by atoms with Gasteiger partial charge < -0.3 is 4.74 Å². The fraction of sp³-hybridized carbons (Fsp3) is 0.200. The number of esters is 1. The van der Waals surface area contributed by atoms with Crippen molar-refractivity contribution < 1.29 is 28.3 Å². The fourth-order valence-corrected chi connectivity index (χ4v) is 3.00. The van der Waals surface area contributed by atoms with Crippen LogP contribution in [0, 0.1) is 11.7 Å². The lowest BCUT2D eigenvalue weighted by atomic mass is 10.1. The minimum Gasteiger partial charge on any atom is -0.457 e. The van der Waals surface area contributed by atoms with Gasteiger partial charge in [0.2, 0.25) is 5.91 Å². The van der Waals surface area contributed by atoms with Crippen LogP contribution in [0.1, 0.15) is 27.1 Å². The van der Waals surface area contributed by atoms with Gasteiger partial charge in [-0.15, -0.1) is 0 Å². The van der Waals surface area contributed by atoms with Crippen molar-refractivity contribution in [3.63, 3.8) is 0 Å². The highest BCUT2D eigenvalue weighted by Gasteiger charge is 2.37. The Kier molecular flexibility index (Phi) is 6.23. The van der Waals surface area contributed by atoms with Crippen LogP contribution >= 0.6 is 11.6 Å². The molecule has 1 atom stereocenters. The first kappa shape index (κ1) is 20.5. The summed E-state index contributed by atoms with van der Waals surface area (Å²) in [4.78, 5) is 48.5. The SMILES string of the molecule is O=C(COC(=O)[C@H]1CC(=O)N(NC(=O)c2ccccc2Cl)C1)c1ccc(F)cc1. The van der Waals surface area contributed by atoms with Gasteiger partial charge >= 0.3 is 5.97 Å². The maximum absolute atomic E-state index is 12.9. The van der Waals surface area contributed by atoms with Crippen molar-refractivity contribution in [2.45, 2.75) is 6.42 Å². The second kappa shape index (κ2) is 8.83. The molecule has 150 valence electrons. The number of nitrogens with zero attached hydrogens (tertiary/aromatic N) is 1. The highest BCUT2D eigenvalue weighted by molar-refractivity contribution is 6.33. The molecule has 0 aromatic heterocycles. The molecule has 3 rings (SSSR count). The number of rotatable bonds is 6. The monoisotopic (exact) mass is 418 g/mol. The summed E-state index contributed by atoms with van der Waals surface area (Å²) in [6, 6.07) is 11.2. The Bertz CT molecular complexity index is 964. The maximum Gasteiger partial charge on any atom is 0.311 e. The Labute approximate surface area is 170 Å². The summed E-state index contributed by atoms with van der Waals surface area (Å²) in [5.74, 6) is -3.58. The molecule has 0 radical (unpaired) electrons. The molecular weight excluding hydrogens is 403 g/mol. The van der Waals surface area contributed by atoms with Gasteiger partial charge in [0, 0.05) is 12.0 Å². The van der Waals surface area contributed by atoms with Crippen molar-refractivity contribution in [2.75, 3.05) is 13.2 Å². The molecule has 2 amide bonds. The molecule has 0 saturated carbocycles. The lowest BCUT2D eigenvalue weighted by molar-refractivity contribution is -0.147. The number of amides is 2. The molecule has 1 fully saturated rings. The number of nitrogens with one attached hydrogen (secondary N) is 1. The van der Waals surface area contributed by atoms with Gasteiger partial charge in [-0.3, -0.25) is 29.6 Å². The summed E-state index contributed by atoms with van der Waals surface area (Å²) in [6.45, 7) is -0.611. The summed E-state index contributed by atoms with van der Waals surface area (Å²) in [5.41, 5.74) is 2.81. The third-order valence-corrected chi connectivity index (χ3v) is 4.65. The summed E-state index contributed by atoms with van der Waals surface area (Å²) in [5, 5.41) is 1.26. The van der Waals surface area contributed by atoms with Crippen LogP contribution in [0.15, 0.2) is 48.5 Å². The molecule has 1 aliphatic rings. The minimum atomic E-state index is -0.824. The third-order valence-electron chi connectivity index (χ3n) is 4.33. The lowest BCUT2D eigenvalue weighted by Gasteiger charge is -2.18. The maximum atomic E-state index is 12.9. The van der Waals surface area contributed by atoms with Crippen LogP contribution in [0.25, 0.3) is 0 Å². The van der Waals surface area contributed by atoms with Crippen LogP contribution in [0.2, 0.25) is 5.02 Å². The summed E-state index contributed by atoms with van der Waals surface area (Å²) in [7, 11) is 0. The van der Waals surface area contributed by atoms with E-state index in [9.17, 15) is 23.6 Å². The molecule has 2 aromatic carbocycles. The second-order valence-corrected chi connectivity index (χ2v) is 6.77. The Morgan fingerprint density at radius 3 is 2.52 bits per heavy atom. The van der Waals surface area contributed by atoms with Crippen molar-refractivity contribution in [1.82, 2.24) is 10.4 Å². The van der Waals surface area contributed by atoms with E-state index < -0.39 is 41.9 Å².